The van der Waals surface area contributed by atoms with Gasteiger partial charge in [0.2, 0.25) is 5.91 Å². The predicted octanol–water partition coefficient (Wildman–Crippen LogP) is 3.90. The van der Waals surface area contributed by atoms with E-state index in [0.717, 1.165) is 10.7 Å². The average molecular weight is 353 g/mol. The highest BCUT2D eigenvalue weighted by atomic mass is 32.2. The molecule has 0 aliphatic heterocycles. The molecule has 0 bridgehead atoms. The van der Waals surface area contributed by atoms with Crippen LogP contribution in [0.5, 0.6) is 5.75 Å². The minimum absolute atomic E-state index is 0.104. The molecule has 1 aromatic heterocycles. The van der Waals surface area contributed by atoms with Gasteiger partial charge in [-0.15, -0.1) is 0 Å². The Kier molecular flexibility index (Phi) is 5.40. The molecule has 1 amide bonds. The van der Waals surface area contributed by atoms with Crippen LogP contribution in [0.4, 0.5) is 5.69 Å². The minimum Gasteiger partial charge on any atom is -0.497 e. The molecule has 128 valence electrons. The number of amides is 1. The fraction of sp³-hybridized carbons (Fsp3) is 0.158. The van der Waals surface area contributed by atoms with Gasteiger partial charge < -0.3 is 14.6 Å². The number of ether oxygens (including phenoxy) is 1. The SMILES string of the molecule is COc1cccc(NC(=O)[C@H](Sc2nccn2C)c2ccccc2)c1. The number of aromatic nitrogens is 2. The maximum atomic E-state index is 12.9. The maximum Gasteiger partial charge on any atom is 0.242 e. The molecule has 1 atom stereocenters. The normalized spacial score (nSPS) is 11.8. The van der Waals surface area contributed by atoms with Gasteiger partial charge in [-0.25, -0.2) is 4.98 Å². The lowest BCUT2D eigenvalue weighted by Crippen LogP contribution is -2.19. The van der Waals surface area contributed by atoms with E-state index in [9.17, 15) is 4.79 Å². The molecule has 1 heterocycles. The molecule has 6 heteroatoms. The number of methoxy groups -OCH3 is 1. The molecule has 0 fully saturated rings. The first kappa shape index (κ1) is 17.1. The van der Waals surface area contributed by atoms with Crippen molar-refractivity contribution in [2.75, 3.05) is 12.4 Å². The van der Waals surface area contributed by atoms with Crippen LogP contribution in [0.25, 0.3) is 0 Å². The summed E-state index contributed by atoms with van der Waals surface area (Å²) in [6, 6.07) is 17.0. The zero-order valence-electron chi connectivity index (χ0n) is 14.0. The highest BCUT2D eigenvalue weighted by Crippen LogP contribution is 2.35. The number of hydrogen-bond donors (Lipinski definition) is 1. The van der Waals surface area contributed by atoms with Crippen molar-refractivity contribution in [2.24, 2.45) is 7.05 Å². The Morgan fingerprint density at radius 3 is 2.68 bits per heavy atom. The van der Waals surface area contributed by atoms with E-state index in [1.165, 1.54) is 11.8 Å². The van der Waals surface area contributed by atoms with Crippen molar-refractivity contribution in [3.8, 4) is 5.75 Å². The van der Waals surface area contributed by atoms with Gasteiger partial charge in [-0.05, 0) is 17.7 Å². The number of imidazole rings is 1. The quantitative estimate of drug-likeness (QED) is 0.683. The van der Waals surface area contributed by atoms with Gasteiger partial charge >= 0.3 is 0 Å². The van der Waals surface area contributed by atoms with E-state index >= 15 is 0 Å². The number of nitrogens with zero attached hydrogens (tertiary/aromatic N) is 2. The third-order valence-corrected chi connectivity index (χ3v) is 5.00. The standard InChI is InChI=1S/C19H19N3O2S/c1-22-12-11-20-19(22)25-17(14-7-4-3-5-8-14)18(23)21-15-9-6-10-16(13-15)24-2/h3-13,17H,1-2H3,(H,21,23)/t17-/m1/s1. The minimum atomic E-state index is -0.409. The number of carbonyl (C=O) groups excluding carboxylic acids is 1. The zero-order valence-corrected chi connectivity index (χ0v) is 14.9. The molecular weight excluding hydrogens is 334 g/mol. The smallest absolute Gasteiger partial charge is 0.242 e. The number of anilines is 1. The van der Waals surface area contributed by atoms with Crippen LogP contribution < -0.4 is 10.1 Å². The number of thioether (sulfide) groups is 1. The summed E-state index contributed by atoms with van der Waals surface area (Å²) >= 11 is 1.42. The lowest BCUT2D eigenvalue weighted by molar-refractivity contribution is -0.115. The predicted molar refractivity (Wildman–Crippen MR) is 99.9 cm³/mol. The van der Waals surface area contributed by atoms with Crippen molar-refractivity contribution in [1.82, 2.24) is 9.55 Å². The van der Waals surface area contributed by atoms with Crippen molar-refractivity contribution in [1.29, 1.82) is 0 Å². The summed E-state index contributed by atoms with van der Waals surface area (Å²) < 4.78 is 7.11. The molecule has 0 aliphatic rings. The first-order chi connectivity index (χ1) is 12.2. The molecule has 3 rings (SSSR count). The highest BCUT2D eigenvalue weighted by molar-refractivity contribution is 8.00. The lowest BCUT2D eigenvalue weighted by Gasteiger charge is -2.17. The first-order valence-electron chi connectivity index (χ1n) is 7.81. The number of rotatable bonds is 6. The Morgan fingerprint density at radius 2 is 2.00 bits per heavy atom. The number of hydrogen-bond acceptors (Lipinski definition) is 4. The Morgan fingerprint density at radius 1 is 1.20 bits per heavy atom. The summed E-state index contributed by atoms with van der Waals surface area (Å²) in [6.07, 6.45) is 3.59. The molecule has 2 aromatic carbocycles. The van der Waals surface area contributed by atoms with Crippen molar-refractivity contribution in [3.63, 3.8) is 0 Å². The topological polar surface area (TPSA) is 56.1 Å². The molecule has 5 nitrogen and oxygen atoms in total. The van der Waals surface area contributed by atoms with E-state index in [-0.39, 0.29) is 5.91 Å². The van der Waals surface area contributed by atoms with Crippen molar-refractivity contribution in [3.05, 3.63) is 72.6 Å². The van der Waals surface area contributed by atoms with E-state index < -0.39 is 5.25 Å². The second-order valence-corrected chi connectivity index (χ2v) is 6.52. The second kappa shape index (κ2) is 7.90. The summed E-state index contributed by atoms with van der Waals surface area (Å²) in [6.45, 7) is 0. The summed E-state index contributed by atoms with van der Waals surface area (Å²) in [5.41, 5.74) is 1.63. The molecular formula is C19H19N3O2S. The van der Waals surface area contributed by atoms with Gasteiger partial charge in [-0.1, -0.05) is 48.2 Å². The van der Waals surface area contributed by atoms with Gasteiger partial charge in [0.05, 0.1) is 7.11 Å². The largest absolute Gasteiger partial charge is 0.497 e. The van der Waals surface area contributed by atoms with Crippen LogP contribution >= 0.6 is 11.8 Å². The lowest BCUT2D eigenvalue weighted by atomic mass is 10.1. The van der Waals surface area contributed by atoms with E-state index in [1.54, 1.807) is 19.4 Å². The van der Waals surface area contributed by atoms with E-state index in [0.29, 0.717) is 11.4 Å². The van der Waals surface area contributed by atoms with Crippen LogP contribution in [0.3, 0.4) is 0 Å². The Bertz CT molecular complexity index is 849. The molecule has 25 heavy (non-hydrogen) atoms. The van der Waals surface area contributed by atoms with Gasteiger partial charge in [-0.3, -0.25) is 4.79 Å². The number of carbonyl (C=O) groups is 1. The summed E-state index contributed by atoms with van der Waals surface area (Å²) in [5.74, 6) is 0.596. The second-order valence-electron chi connectivity index (χ2n) is 5.45. The van der Waals surface area contributed by atoms with Gasteiger partial charge in [0.25, 0.3) is 0 Å². The third kappa shape index (κ3) is 4.22. The molecule has 0 aliphatic carbocycles. The van der Waals surface area contributed by atoms with Crippen LogP contribution in [0.15, 0.2) is 72.1 Å². The van der Waals surface area contributed by atoms with E-state index in [2.05, 4.69) is 10.3 Å². The third-order valence-electron chi connectivity index (χ3n) is 3.68. The van der Waals surface area contributed by atoms with Crippen LogP contribution in [0.2, 0.25) is 0 Å². The molecule has 0 unspecified atom stereocenters. The van der Waals surface area contributed by atoms with Crippen LogP contribution in [0, 0.1) is 0 Å². The number of nitrogens with one attached hydrogen (secondary N) is 1. The summed E-state index contributed by atoms with van der Waals surface area (Å²) in [7, 11) is 3.52. The van der Waals surface area contributed by atoms with Crippen LogP contribution in [0.1, 0.15) is 10.8 Å². The Labute approximate surface area is 151 Å². The molecule has 0 radical (unpaired) electrons. The van der Waals surface area contributed by atoms with Gasteiger partial charge in [0.15, 0.2) is 5.16 Å². The van der Waals surface area contributed by atoms with Gasteiger partial charge in [-0.2, -0.15) is 0 Å². The Hall–Kier alpha value is -2.73. The maximum absolute atomic E-state index is 12.9. The van der Waals surface area contributed by atoms with Crippen molar-refractivity contribution >= 4 is 23.4 Å². The summed E-state index contributed by atoms with van der Waals surface area (Å²) in [4.78, 5) is 17.3. The fourth-order valence-corrected chi connectivity index (χ4v) is 3.40. The van der Waals surface area contributed by atoms with Gasteiger partial charge in [0.1, 0.15) is 11.0 Å². The van der Waals surface area contributed by atoms with Crippen LogP contribution in [-0.4, -0.2) is 22.6 Å². The molecule has 3 aromatic rings. The molecule has 0 saturated heterocycles. The Balaban J connectivity index is 1.85. The first-order valence-corrected chi connectivity index (χ1v) is 8.69. The number of aryl methyl sites for hydroxylation is 1. The molecule has 0 spiro atoms. The van der Waals surface area contributed by atoms with Crippen molar-refractivity contribution in [2.45, 2.75) is 10.4 Å². The zero-order chi connectivity index (χ0) is 17.6. The monoisotopic (exact) mass is 353 g/mol. The molecule has 1 N–H and O–H groups in total. The summed E-state index contributed by atoms with van der Waals surface area (Å²) in [5, 5.41) is 3.35. The average Bonchev–Trinajstić information content (AvgIpc) is 3.05. The highest BCUT2D eigenvalue weighted by Gasteiger charge is 2.24. The van der Waals surface area contributed by atoms with E-state index in [4.69, 9.17) is 4.74 Å². The van der Waals surface area contributed by atoms with E-state index in [1.807, 2.05) is 66.3 Å². The fourth-order valence-electron chi connectivity index (χ4n) is 2.38. The number of benzene rings is 2. The van der Waals surface area contributed by atoms with Gasteiger partial charge in [0, 0.05) is 31.2 Å². The van der Waals surface area contributed by atoms with Crippen molar-refractivity contribution < 1.29 is 9.53 Å². The van der Waals surface area contributed by atoms with Crippen LogP contribution in [-0.2, 0) is 11.8 Å². The molecule has 0 saturated carbocycles.